The zero-order valence-corrected chi connectivity index (χ0v) is 28.6. The lowest BCUT2D eigenvalue weighted by Crippen LogP contribution is -2.13. The first-order chi connectivity index (χ1) is 21.4. The van der Waals surface area contributed by atoms with Gasteiger partial charge in [-0.2, -0.15) is 0 Å². The molecular weight excluding hydrogens is 536 g/mol. The van der Waals surface area contributed by atoms with Crippen molar-refractivity contribution in [3.8, 4) is 5.75 Å². The topological polar surface area (TPSA) is 46.2 Å². The smallest absolute Gasteiger partial charge is 0.119 e. The third-order valence-electron chi connectivity index (χ3n) is 8.00. The molecule has 0 heterocycles. The van der Waals surface area contributed by atoms with Crippen LogP contribution in [0.5, 0.6) is 5.75 Å². The van der Waals surface area contributed by atoms with Crippen LogP contribution >= 0.6 is 0 Å². The van der Waals surface area contributed by atoms with E-state index < -0.39 is 0 Å². The van der Waals surface area contributed by atoms with Crippen LogP contribution in [0, 0.1) is 0 Å². The van der Waals surface area contributed by atoms with Crippen LogP contribution in [0.15, 0.2) is 24.3 Å². The van der Waals surface area contributed by atoms with E-state index >= 15 is 0 Å². The standard InChI is InChI=1S/C38H70O5/c1-3-5-7-9-11-12-13-14-15-16-18-20-22-28-39-29-30-40-31-32-41-33-34-42-35-36-43-38-26-24-37(25-27-38)23-21-19-17-10-8-6-4-2/h24-27H,3-23,28-36H2,1-2H3. The predicted octanol–water partition coefficient (Wildman–Crippen LogP) is 10.5. The molecule has 0 N–H and O–H groups in total. The molecule has 1 rings (SSSR count). The Bertz CT molecular complexity index is 650. The molecule has 0 aliphatic heterocycles. The largest absolute Gasteiger partial charge is 0.491 e. The monoisotopic (exact) mass is 607 g/mol. The first-order valence-electron chi connectivity index (χ1n) is 18.4. The van der Waals surface area contributed by atoms with Crippen LogP contribution in [0.1, 0.15) is 148 Å². The molecule has 252 valence electrons. The third-order valence-corrected chi connectivity index (χ3v) is 8.00. The molecule has 0 atom stereocenters. The van der Waals surface area contributed by atoms with Crippen molar-refractivity contribution in [3.05, 3.63) is 29.8 Å². The first-order valence-corrected chi connectivity index (χ1v) is 18.4. The minimum atomic E-state index is 0.555. The van der Waals surface area contributed by atoms with E-state index in [-0.39, 0.29) is 0 Å². The van der Waals surface area contributed by atoms with Gasteiger partial charge in [-0.15, -0.1) is 0 Å². The van der Waals surface area contributed by atoms with Gasteiger partial charge in [-0.25, -0.2) is 0 Å². The van der Waals surface area contributed by atoms with Crippen molar-refractivity contribution in [3.63, 3.8) is 0 Å². The van der Waals surface area contributed by atoms with Crippen molar-refractivity contribution >= 4 is 0 Å². The molecule has 0 aliphatic carbocycles. The fraction of sp³-hybridized carbons (Fsp3) is 0.842. The maximum absolute atomic E-state index is 5.80. The Morgan fingerprint density at radius 2 is 0.698 bits per heavy atom. The molecule has 0 aromatic heterocycles. The van der Waals surface area contributed by atoms with Crippen molar-refractivity contribution < 1.29 is 23.7 Å². The molecule has 43 heavy (non-hydrogen) atoms. The SMILES string of the molecule is CCCCCCCCCCCCCCCOCCOCCOCCOCCOc1ccc(CCCCCCCCC)cc1. The molecule has 0 radical (unpaired) electrons. The first kappa shape index (κ1) is 39.9. The Hall–Kier alpha value is -1.14. The zero-order chi connectivity index (χ0) is 30.7. The van der Waals surface area contributed by atoms with E-state index in [2.05, 4.69) is 38.1 Å². The summed E-state index contributed by atoms with van der Waals surface area (Å²) in [6, 6.07) is 8.53. The van der Waals surface area contributed by atoms with E-state index in [1.54, 1.807) is 0 Å². The summed E-state index contributed by atoms with van der Waals surface area (Å²) >= 11 is 0. The summed E-state index contributed by atoms with van der Waals surface area (Å²) < 4.78 is 28.3. The van der Waals surface area contributed by atoms with Gasteiger partial charge in [0.1, 0.15) is 12.4 Å². The number of unbranched alkanes of at least 4 members (excludes halogenated alkanes) is 18. The highest BCUT2D eigenvalue weighted by Gasteiger charge is 1.99. The van der Waals surface area contributed by atoms with E-state index in [0.717, 1.165) is 25.2 Å². The van der Waals surface area contributed by atoms with Crippen LogP contribution in [-0.2, 0) is 25.4 Å². The lowest BCUT2D eigenvalue weighted by atomic mass is 10.0. The molecule has 0 saturated carbocycles. The van der Waals surface area contributed by atoms with E-state index in [4.69, 9.17) is 23.7 Å². The molecular formula is C38H70O5. The normalized spacial score (nSPS) is 11.4. The zero-order valence-electron chi connectivity index (χ0n) is 28.6. The molecule has 0 aliphatic rings. The predicted molar refractivity (Wildman–Crippen MR) is 183 cm³/mol. The molecule has 1 aromatic carbocycles. The van der Waals surface area contributed by atoms with Crippen molar-refractivity contribution in [1.82, 2.24) is 0 Å². The van der Waals surface area contributed by atoms with Crippen LogP contribution in [-0.4, -0.2) is 59.5 Å². The van der Waals surface area contributed by atoms with Gasteiger partial charge in [-0.1, -0.05) is 142 Å². The second-order valence-electron chi connectivity index (χ2n) is 12.1. The molecule has 0 amide bonds. The van der Waals surface area contributed by atoms with Gasteiger partial charge >= 0.3 is 0 Å². The van der Waals surface area contributed by atoms with Gasteiger partial charge < -0.3 is 23.7 Å². The average molecular weight is 607 g/mol. The van der Waals surface area contributed by atoms with Crippen LogP contribution < -0.4 is 4.74 Å². The van der Waals surface area contributed by atoms with Crippen LogP contribution in [0.25, 0.3) is 0 Å². The van der Waals surface area contributed by atoms with Crippen molar-refractivity contribution in [2.24, 2.45) is 0 Å². The summed E-state index contributed by atoms with van der Waals surface area (Å²) in [7, 11) is 0. The number of hydrogen-bond donors (Lipinski definition) is 0. The van der Waals surface area contributed by atoms with Crippen LogP contribution in [0.2, 0.25) is 0 Å². The Morgan fingerprint density at radius 1 is 0.349 bits per heavy atom. The summed E-state index contributed by atoms with van der Waals surface area (Å²) in [5, 5.41) is 0. The molecule has 0 bridgehead atoms. The van der Waals surface area contributed by atoms with Gasteiger partial charge in [-0.3, -0.25) is 0 Å². The second-order valence-corrected chi connectivity index (χ2v) is 12.1. The van der Waals surface area contributed by atoms with Crippen LogP contribution in [0.3, 0.4) is 0 Å². The van der Waals surface area contributed by atoms with Gasteiger partial charge in [0.05, 0.1) is 46.2 Å². The fourth-order valence-corrected chi connectivity index (χ4v) is 5.24. The highest BCUT2D eigenvalue weighted by Crippen LogP contribution is 2.16. The van der Waals surface area contributed by atoms with Crippen LogP contribution in [0.4, 0.5) is 0 Å². The lowest BCUT2D eigenvalue weighted by molar-refractivity contribution is -0.00487. The number of ether oxygens (including phenoxy) is 5. The molecule has 0 saturated heterocycles. The number of benzene rings is 1. The van der Waals surface area contributed by atoms with E-state index in [1.807, 2.05) is 0 Å². The molecule has 0 fully saturated rings. The Labute approximate surface area is 267 Å². The van der Waals surface area contributed by atoms with E-state index in [1.165, 1.54) is 128 Å². The number of rotatable bonds is 35. The molecule has 0 spiro atoms. The fourth-order valence-electron chi connectivity index (χ4n) is 5.24. The highest BCUT2D eigenvalue weighted by molar-refractivity contribution is 5.27. The minimum Gasteiger partial charge on any atom is -0.491 e. The van der Waals surface area contributed by atoms with Crippen molar-refractivity contribution in [1.29, 1.82) is 0 Å². The van der Waals surface area contributed by atoms with E-state index in [0.29, 0.717) is 52.9 Å². The molecule has 5 nitrogen and oxygen atoms in total. The summed E-state index contributed by atoms with van der Waals surface area (Å²) in [5.41, 5.74) is 1.40. The molecule has 0 unspecified atom stereocenters. The van der Waals surface area contributed by atoms with Gasteiger partial charge in [0.15, 0.2) is 0 Å². The van der Waals surface area contributed by atoms with Gasteiger partial charge in [0, 0.05) is 6.61 Å². The minimum absolute atomic E-state index is 0.555. The quantitative estimate of drug-likeness (QED) is 0.0719. The van der Waals surface area contributed by atoms with Gasteiger partial charge in [0.2, 0.25) is 0 Å². The Morgan fingerprint density at radius 3 is 1.14 bits per heavy atom. The number of hydrogen-bond acceptors (Lipinski definition) is 5. The summed E-state index contributed by atoms with van der Waals surface area (Å²) in [4.78, 5) is 0. The summed E-state index contributed by atoms with van der Waals surface area (Å²) in [6.07, 6.45) is 28.6. The molecule has 5 heteroatoms. The second kappa shape index (κ2) is 33.7. The Kier molecular flexibility index (Phi) is 31.3. The van der Waals surface area contributed by atoms with E-state index in [9.17, 15) is 0 Å². The summed E-state index contributed by atoms with van der Waals surface area (Å²) in [6.45, 7) is 10.2. The maximum Gasteiger partial charge on any atom is 0.119 e. The maximum atomic E-state index is 5.80. The summed E-state index contributed by atoms with van der Waals surface area (Å²) in [5.74, 6) is 0.911. The molecule has 1 aromatic rings. The Balaban J connectivity index is 1.73. The number of aryl methyl sites for hydroxylation is 1. The van der Waals surface area contributed by atoms with Gasteiger partial charge in [-0.05, 0) is 37.0 Å². The third kappa shape index (κ3) is 29.3. The lowest BCUT2D eigenvalue weighted by Gasteiger charge is -2.09. The van der Waals surface area contributed by atoms with Crippen molar-refractivity contribution in [2.75, 3.05) is 59.5 Å². The average Bonchev–Trinajstić information content (AvgIpc) is 3.03. The highest BCUT2D eigenvalue weighted by atomic mass is 16.6. The van der Waals surface area contributed by atoms with Gasteiger partial charge in [0.25, 0.3) is 0 Å². The van der Waals surface area contributed by atoms with Crippen molar-refractivity contribution in [2.45, 2.75) is 149 Å².